The average molecular weight is 521 g/mol. The van der Waals surface area contributed by atoms with Gasteiger partial charge in [0.15, 0.2) is 0 Å². The second-order valence-corrected chi connectivity index (χ2v) is 11.0. The topological polar surface area (TPSA) is 81.1 Å². The van der Waals surface area contributed by atoms with Gasteiger partial charge in [-0.05, 0) is 70.8 Å². The Bertz CT molecular complexity index is 1200. The zero-order valence-corrected chi connectivity index (χ0v) is 22.5. The maximum absolute atomic E-state index is 13.4. The Kier molecular flexibility index (Phi) is 7.74. The number of benzene rings is 1. The van der Waals surface area contributed by atoms with Gasteiger partial charge >= 0.3 is 0 Å². The minimum Gasteiger partial charge on any atom is -0.354 e. The number of fused-ring (bicyclic) bond motifs is 1. The molecule has 0 atom stereocenters. The normalized spacial score (nSPS) is 23.1. The van der Waals surface area contributed by atoms with Gasteiger partial charge in [0.2, 0.25) is 5.91 Å². The molecule has 38 heavy (non-hydrogen) atoms. The maximum atomic E-state index is 13.4. The number of amidine groups is 1. The van der Waals surface area contributed by atoms with Gasteiger partial charge in [0.25, 0.3) is 5.91 Å². The lowest BCUT2D eigenvalue weighted by Gasteiger charge is -2.37. The molecule has 2 amide bonds. The average Bonchev–Trinajstić information content (AvgIpc) is 3.26. The molecule has 3 aliphatic rings. The van der Waals surface area contributed by atoms with Crippen LogP contribution < -0.4 is 15.1 Å². The summed E-state index contributed by atoms with van der Waals surface area (Å²) >= 11 is 0. The van der Waals surface area contributed by atoms with Crippen LogP contribution in [0.25, 0.3) is 0 Å². The lowest BCUT2D eigenvalue weighted by molar-refractivity contribution is -0.126. The van der Waals surface area contributed by atoms with Gasteiger partial charge < -0.3 is 20.0 Å². The Morgan fingerprint density at radius 3 is 2.39 bits per heavy atom. The predicted octanol–water partition coefficient (Wildman–Crippen LogP) is 3.66. The Morgan fingerprint density at radius 2 is 1.74 bits per heavy atom. The lowest BCUT2D eigenvalue weighted by atomic mass is 9.84. The number of halogens is 1. The van der Waals surface area contributed by atoms with E-state index in [1.54, 1.807) is 0 Å². The highest BCUT2D eigenvalue weighted by molar-refractivity contribution is 6.13. The third kappa shape index (κ3) is 5.72. The second kappa shape index (κ2) is 11.2. The van der Waals surface area contributed by atoms with Crippen LogP contribution in [0.2, 0.25) is 0 Å². The summed E-state index contributed by atoms with van der Waals surface area (Å²) in [6.07, 6.45) is 5.71. The van der Waals surface area contributed by atoms with E-state index in [2.05, 4.69) is 38.1 Å². The molecule has 9 heteroatoms. The van der Waals surface area contributed by atoms with Crippen molar-refractivity contribution in [2.24, 2.45) is 10.9 Å². The largest absolute Gasteiger partial charge is 0.354 e. The summed E-state index contributed by atoms with van der Waals surface area (Å²) in [7, 11) is 2.13. The van der Waals surface area contributed by atoms with Crippen LogP contribution in [0.3, 0.4) is 0 Å². The van der Waals surface area contributed by atoms with Gasteiger partial charge in [-0.25, -0.2) is 9.37 Å². The number of amides is 2. The molecule has 2 aromatic rings. The van der Waals surface area contributed by atoms with Crippen LogP contribution in [0.4, 0.5) is 15.9 Å². The summed E-state index contributed by atoms with van der Waals surface area (Å²) in [5, 5.41) is 3.05. The summed E-state index contributed by atoms with van der Waals surface area (Å²) < 4.78 is 13.4. The number of hydrogen-bond acceptors (Lipinski definition) is 5. The number of piperazine rings is 1. The SMILES string of the molecule is CC(C)NC(=O)C1CCC(N2C(=NC(=O)c3ccc(F)cc3)Cc3cnc(N4CCN(C)CC4)cc32)CC1. The number of aromatic nitrogens is 1. The Balaban J connectivity index is 1.42. The molecule has 202 valence electrons. The first kappa shape index (κ1) is 26.3. The lowest BCUT2D eigenvalue weighted by Crippen LogP contribution is -2.45. The zero-order valence-electron chi connectivity index (χ0n) is 22.5. The molecule has 5 rings (SSSR count). The van der Waals surface area contributed by atoms with Crippen molar-refractivity contribution < 1.29 is 14.0 Å². The van der Waals surface area contributed by atoms with Gasteiger partial charge in [0.05, 0.1) is 5.69 Å². The van der Waals surface area contributed by atoms with E-state index in [4.69, 9.17) is 4.98 Å². The second-order valence-electron chi connectivity index (χ2n) is 11.0. The van der Waals surface area contributed by atoms with E-state index < -0.39 is 0 Å². The molecule has 0 radical (unpaired) electrons. The van der Waals surface area contributed by atoms with Crippen molar-refractivity contribution >= 4 is 29.2 Å². The fourth-order valence-electron chi connectivity index (χ4n) is 5.70. The van der Waals surface area contributed by atoms with Crippen molar-refractivity contribution in [2.45, 2.75) is 58.0 Å². The number of nitrogens with zero attached hydrogens (tertiary/aromatic N) is 5. The predicted molar refractivity (Wildman–Crippen MR) is 147 cm³/mol. The van der Waals surface area contributed by atoms with E-state index in [1.165, 1.54) is 24.3 Å². The van der Waals surface area contributed by atoms with Crippen molar-refractivity contribution in [3.63, 3.8) is 0 Å². The number of rotatable bonds is 5. The van der Waals surface area contributed by atoms with Crippen molar-refractivity contribution in [1.29, 1.82) is 0 Å². The number of pyridine rings is 1. The molecule has 1 N–H and O–H groups in total. The van der Waals surface area contributed by atoms with Gasteiger partial charge in [-0.2, -0.15) is 4.99 Å². The number of hydrogen-bond donors (Lipinski definition) is 1. The number of anilines is 2. The van der Waals surface area contributed by atoms with Gasteiger partial charge in [-0.15, -0.1) is 0 Å². The highest BCUT2D eigenvalue weighted by Crippen LogP contribution is 2.38. The van der Waals surface area contributed by atoms with E-state index in [-0.39, 0.29) is 35.6 Å². The molecule has 0 spiro atoms. The van der Waals surface area contributed by atoms with Crippen LogP contribution in [0.1, 0.15) is 55.5 Å². The Labute approximate surface area is 223 Å². The van der Waals surface area contributed by atoms with Crippen LogP contribution in [0, 0.1) is 11.7 Å². The summed E-state index contributed by atoms with van der Waals surface area (Å²) in [4.78, 5) is 41.9. The van der Waals surface area contributed by atoms with Crippen molar-refractivity contribution in [2.75, 3.05) is 43.0 Å². The molecule has 3 heterocycles. The molecule has 1 aliphatic carbocycles. The smallest absolute Gasteiger partial charge is 0.278 e. The minimum atomic E-state index is -0.384. The van der Waals surface area contributed by atoms with Crippen molar-refractivity contribution in [1.82, 2.24) is 15.2 Å². The van der Waals surface area contributed by atoms with Crippen LogP contribution in [0.5, 0.6) is 0 Å². The molecule has 2 fully saturated rings. The molecule has 0 unspecified atom stereocenters. The van der Waals surface area contributed by atoms with Gasteiger partial charge in [0, 0.05) is 74.0 Å². The van der Waals surface area contributed by atoms with Crippen LogP contribution >= 0.6 is 0 Å². The van der Waals surface area contributed by atoms with Crippen molar-refractivity contribution in [3.8, 4) is 0 Å². The number of likely N-dealkylation sites (N-methyl/N-ethyl adjacent to an activating group) is 1. The number of nitrogens with one attached hydrogen (secondary N) is 1. The van der Waals surface area contributed by atoms with E-state index in [1.807, 2.05) is 20.0 Å². The number of aliphatic imine (C=N–C) groups is 1. The fourth-order valence-corrected chi connectivity index (χ4v) is 5.70. The van der Waals surface area contributed by atoms with E-state index in [9.17, 15) is 14.0 Å². The third-order valence-electron chi connectivity index (χ3n) is 7.85. The summed E-state index contributed by atoms with van der Waals surface area (Å²) in [5.74, 6) is 1.01. The van der Waals surface area contributed by atoms with Crippen LogP contribution in [0.15, 0.2) is 41.5 Å². The van der Waals surface area contributed by atoms with E-state index in [0.29, 0.717) is 17.8 Å². The first-order valence-corrected chi connectivity index (χ1v) is 13.7. The quantitative estimate of drug-likeness (QED) is 0.648. The van der Waals surface area contributed by atoms with Crippen molar-refractivity contribution in [3.05, 3.63) is 53.5 Å². The Hall–Kier alpha value is -3.33. The number of carbonyl (C=O) groups is 2. The zero-order chi connectivity index (χ0) is 26.8. The molecule has 0 bridgehead atoms. The maximum Gasteiger partial charge on any atom is 0.278 e. The third-order valence-corrected chi connectivity index (χ3v) is 7.85. The van der Waals surface area contributed by atoms with Gasteiger partial charge in [-0.3, -0.25) is 9.59 Å². The fraction of sp³-hybridized carbons (Fsp3) is 0.517. The summed E-state index contributed by atoms with van der Waals surface area (Å²) in [6.45, 7) is 7.79. The first-order chi connectivity index (χ1) is 18.3. The minimum absolute atomic E-state index is 0.00954. The Morgan fingerprint density at radius 1 is 1.05 bits per heavy atom. The van der Waals surface area contributed by atoms with Gasteiger partial charge in [0.1, 0.15) is 17.5 Å². The molecule has 1 aromatic heterocycles. The standard InChI is InChI=1S/C29H37FN6O2/c1-19(2)32-28(37)21-6-10-24(11-7-21)36-25-17-26(35-14-12-34(3)13-15-35)31-18-22(25)16-27(36)33-29(38)20-4-8-23(30)9-5-20/h4-5,8-9,17-19,21,24H,6-7,10-16H2,1-3H3,(H,32,37). The monoisotopic (exact) mass is 520 g/mol. The van der Waals surface area contributed by atoms with Crippen LogP contribution in [-0.2, 0) is 11.2 Å². The van der Waals surface area contributed by atoms with E-state index >= 15 is 0 Å². The summed E-state index contributed by atoms with van der Waals surface area (Å²) in [6, 6.07) is 7.92. The molecular formula is C29H37FN6O2. The summed E-state index contributed by atoms with van der Waals surface area (Å²) in [5.41, 5.74) is 2.46. The first-order valence-electron chi connectivity index (χ1n) is 13.7. The highest BCUT2D eigenvalue weighted by Gasteiger charge is 2.37. The molecular weight excluding hydrogens is 483 g/mol. The van der Waals surface area contributed by atoms with Gasteiger partial charge in [-0.1, -0.05) is 0 Å². The van der Waals surface area contributed by atoms with E-state index in [0.717, 1.165) is 68.9 Å². The highest BCUT2D eigenvalue weighted by atomic mass is 19.1. The molecule has 1 saturated heterocycles. The number of carbonyl (C=O) groups excluding carboxylic acids is 2. The van der Waals surface area contributed by atoms with Crippen LogP contribution in [-0.4, -0.2) is 72.8 Å². The molecule has 2 aliphatic heterocycles. The molecule has 8 nitrogen and oxygen atoms in total. The molecule has 1 saturated carbocycles. The molecule has 1 aromatic carbocycles.